The van der Waals surface area contributed by atoms with E-state index in [1.807, 2.05) is 25.1 Å². The van der Waals surface area contributed by atoms with Crippen LogP contribution in [0, 0.1) is 6.92 Å². The number of ketones is 1. The largest absolute Gasteiger partial charge is 0.375 e. The highest BCUT2D eigenvalue weighted by atomic mass is 16.5. The lowest BCUT2D eigenvalue weighted by atomic mass is 9.73. The minimum Gasteiger partial charge on any atom is -0.375 e. The van der Waals surface area contributed by atoms with E-state index in [1.165, 1.54) is 18.4 Å². The highest BCUT2D eigenvalue weighted by molar-refractivity contribution is 6.02. The number of pyridine rings is 1. The number of rotatable bonds is 5. The van der Waals surface area contributed by atoms with Crippen molar-refractivity contribution in [1.29, 1.82) is 0 Å². The summed E-state index contributed by atoms with van der Waals surface area (Å²) in [5.74, 6) is 0.201. The molecule has 3 heterocycles. The molecule has 1 aromatic heterocycles. The van der Waals surface area contributed by atoms with Crippen molar-refractivity contribution in [1.82, 2.24) is 14.8 Å². The van der Waals surface area contributed by atoms with Gasteiger partial charge in [0.25, 0.3) is 0 Å². The first kappa shape index (κ1) is 21.7. The zero-order valence-electron chi connectivity index (χ0n) is 19.3. The van der Waals surface area contributed by atoms with Crippen LogP contribution in [0.2, 0.25) is 0 Å². The predicted octanol–water partition coefficient (Wildman–Crippen LogP) is 4.25. The lowest BCUT2D eigenvalue weighted by Gasteiger charge is -2.53. The van der Waals surface area contributed by atoms with Crippen LogP contribution in [0.3, 0.4) is 0 Å². The summed E-state index contributed by atoms with van der Waals surface area (Å²) in [6.07, 6.45) is 6.15. The third-order valence-electron chi connectivity index (χ3n) is 7.82. The normalized spacial score (nSPS) is 26.4. The van der Waals surface area contributed by atoms with Gasteiger partial charge in [0.2, 0.25) is 5.78 Å². The number of aryl methyl sites for hydroxylation is 1. The second-order valence-corrected chi connectivity index (χ2v) is 9.94. The molecule has 2 aliphatic heterocycles. The molecule has 32 heavy (non-hydrogen) atoms. The summed E-state index contributed by atoms with van der Waals surface area (Å²) < 4.78 is 6.37. The SMILES string of the molecule is Cc1cccc(C(=O)C2(N3CCN(Cc4ccccc4)CC3)CCOC3(CCCC3)C2)n1. The van der Waals surface area contributed by atoms with Gasteiger partial charge >= 0.3 is 0 Å². The molecule has 0 radical (unpaired) electrons. The van der Waals surface area contributed by atoms with Gasteiger partial charge in [0, 0.05) is 51.4 Å². The summed E-state index contributed by atoms with van der Waals surface area (Å²) in [4.78, 5) is 23.8. The van der Waals surface area contributed by atoms with Gasteiger partial charge in [-0.3, -0.25) is 14.6 Å². The Kier molecular flexibility index (Phi) is 6.15. The molecule has 2 aromatic rings. The highest BCUT2D eigenvalue weighted by Gasteiger charge is 2.54. The van der Waals surface area contributed by atoms with Crippen molar-refractivity contribution in [3.05, 3.63) is 65.5 Å². The van der Waals surface area contributed by atoms with E-state index in [9.17, 15) is 4.79 Å². The topological polar surface area (TPSA) is 45.7 Å². The second kappa shape index (κ2) is 9.05. The summed E-state index contributed by atoms with van der Waals surface area (Å²) in [6, 6.07) is 16.5. The van der Waals surface area contributed by atoms with Crippen LogP contribution in [0.1, 0.15) is 60.3 Å². The van der Waals surface area contributed by atoms with Gasteiger partial charge in [-0.2, -0.15) is 0 Å². The van der Waals surface area contributed by atoms with Crippen molar-refractivity contribution in [3.8, 4) is 0 Å². The van der Waals surface area contributed by atoms with Crippen molar-refractivity contribution in [3.63, 3.8) is 0 Å². The van der Waals surface area contributed by atoms with Crippen LogP contribution in [0.15, 0.2) is 48.5 Å². The van der Waals surface area contributed by atoms with Gasteiger partial charge in [0.1, 0.15) is 5.69 Å². The molecule has 1 unspecified atom stereocenters. The maximum atomic E-state index is 14.1. The minimum atomic E-state index is -0.498. The fourth-order valence-electron chi connectivity index (χ4n) is 6.14. The first-order chi connectivity index (χ1) is 15.6. The summed E-state index contributed by atoms with van der Waals surface area (Å²) >= 11 is 0. The zero-order chi connectivity index (χ0) is 22.0. The van der Waals surface area contributed by atoms with E-state index in [4.69, 9.17) is 4.74 Å². The Morgan fingerprint density at radius 3 is 2.44 bits per heavy atom. The summed E-state index contributed by atoms with van der Waals surface area (Å²) in [6.45, 7) is 7.41. The molecule has 5 nitrogen and oxygen atoms in total. The van der Waals surface area contributed by atoms with Crippen molar-refractivity contribution in [2.45, 2.75) is 63.1 Å². The van der Waals surface area contributed by atoms with Crippen LogP contribution in [0.25, 0.3) is 0 Å². The van der Waals surface area contributed by atoms with Crippen molar-refractivity contribution in [2.24, 2.45) is 0 Å². The highest BCUT2D eigenvalue weighted by Crippen LogP contribution is 2.47. The van der Waals surface area contributed by atoms with Gasteiger partial charge in [-0.25, -0.2) is 4.98 Å². The molecule has 3 aliphatic rings. The standard InChI is InChI=1S/C27H35N3O2/c1-22-8-7-11-24(28-22)25(31)27(14-19-32-26(21-27)12-5-6-13-26)30-17-15-29(16-18-30)20-23-9-3-2-4-10-23/h2-4,7-11H,5-6,12-21H2,1H3. The number of benzene rings is 1. The molecule has 2 saturated heterocycles. The number of carbonyl (C=O) groups excluding carboxylic acids is 1. The van der Waals surface area contributed by atoms with Crippen molar-refractivity contribution in [2.75, 3.05) is 32.8 Å². The maximum Gasteiger partial charge on any atom is 0.201 e. The van der Waals surface area contributed by atoms with Gasteiger partial charge < -0.3 is 4.74 Å². The molecular weight excluding hydrogens is 398 g/mol. The summed E-state index contributed by atoms with van der Waals surface area (Å²) in [7, 11) is 0. The zero-order valence-corrected chi connectivity index (χ0v) is 19.3. The molecule has 5 heteroatoms. The molecule has 0 bridgehead atoms. The molecule has 0 N–H and O–H groups in total. The Hall–Kier alpha value is -2.08. The molecule has 1 aromatic carbocycles. The number of Topliss-reactive ketones (excluding diaryl/α,β-unsaturated/α-hetero) is 1. The van der Waals surface area contributed by atoms with E-state index >= 15 is 0 Å². The van der Waals surface area contributed by atoms with E-state index in [1.54, 1.807) is 0 Å². The van der Waals surface area contributed by atoms with E-state index in [-0.39, 0.29) is 11.4 Å². The van der Waals surface area contributed by atoms with Crippen LogP contribution < -0.4 is 0 Å². The van der Waals surface area contributed by atoms with Gasteiger partial charge in [-0.1, -0.05) is 49.2 Å². The second-order valence-electron chi connectivity index (χ2n) is 9.94. The number of hydrogen-bond acceptors (Lipinski definition) is 5. The molecule has 1 atom stereocenters. The minimum absolute atomic E-state index is 0.126. The first-order valence-corrected chi connectivity index (χ1v) is 12.2. The van der Waals surface area contributed by atoms with Crippen molar-refractivity contribution < 1.29 is 9.53 Å². The van der Waals surface area contributed by atoms with E-state index < -0.39 is 5.54 Å². The quantitative estimate of drug-likeness (QED) is 0.660. The fraction of sp³-hybridized carbons (Fsp3) is 0.556. The van der Waals surface area contributed by atoms with Crippen LogP contribution in [-0.4, -0.2) is 64.5 Å². The molecule has 170 valence electrons. The van der Waals surface area contributed by atoms with Crippen LogP contribution >= 0.6 is 0 Å². The lowest BCUT2D eigenvalue weighted by Crippen LogP contribution is -2.65. The Balaban J connectivity index is 1.38. The third kappa shape index (κ3) is 4.26. The number of carbonyl (C=O) groups is 1. The van der Waals surface area contributed by atoms with Gasteiger partial charge in [0.15, 0.2) is 0 Å². The fourth-order valence-corrected chi connectivity index (χ4v) is 6.14. The molecule has 1 spiro atoms. The smallest absolute Gasteiger partial charge is 0.201 e. The van der Waals surface area contributed by atoms with Gasteiger partial charge in [-0.15, -0.1) is 0 Å². The molecule has 3 fully saturated rings. The molecular formula is C27H35N3O2. The number of nitrogens with zero attached hydrogens (tertiary/aromatic N) is 3. The van der Waals surface area contributed by atoms with Gasteiger partial charge in [-0.05, 0) is 43.9 Å². The summed E-state index contributed by atoms with van der Waals surface area (Å²) in [5, 5.41) is 0. The Labute approximate surface area is 191 Å². The number of hydrogen-bond donors (Lipinski definition) is 0. The monoisotopic (exact) mass is 433 g/mol. The lowest BCUT2D eigenvalue weighted by molar-refractivity contribution is -0.128. The predicted molar refractivity (Wildman–Crippen MR) is 126 cm³/mol. The number of ether oxygens (including phenoxy) is 1. The third-order valence-corrected chi connectivity index (χ3v) is 7.82. The van der Waals surface area contributed by atoms with Gasteiger partial charge in [0.05, 0.1) is 11.1 Å². The summed E-state index contributed by atoms with van der Waals surface area (Å²) in [5.41, 5.74) is 2.25. The molecule has 1 saturated carbocycles. The molecule has 5 rings (SSSR count). The number of piperazine rings is 1. The Morgan fingerprint density at radius 2 is 1.72 bits per heavy atom. The number of aromatic nitrogens is 1. The van der Waals surface area contributed by atoms with Crippen LogP contribution in [-0.2, 0) is 11.3 Å². The first-order valence-electron chi connectivity index (χ1n) is 12.2. The Bertz CT molecular complexity index is 933. The molecule has 1 aliphatic carbocycles. The van der Waals surface area contributed by atoms with E-state index in [0.29, 0.717) is 12.3 Å². The Morgan fingerprint density at radius 1 is 0.969 bits per heavy atom. The van der Waals surface area contributed by atoms with Crippen LogP contribution in [0.5, 0.6) is 0 Å². The average Bonchev–Trinajstić information content (AvgIpc) is 3.27. The average molecular weight is 434 g/mol. The molecule has 0 amide bonds. The van der Waals surface area contributed by atoms with Crippen molar-refractivity contribution >= 4 is 5.78 Å². The van der Waals surface area contributed by atoms with E-state index in [0.717, 1.165) is 64.1 Å². The van der Waals surface area contributed by atoms with Crippen LogP contribution in [0.4, 0.5) is 0 Å². The maximum absolute atomic E-state index is 14.1. The van der Waals surface area contributed by atoms with E-state index in [2.05, 4.69) is 45.1 Å².